The minimum atomic E-state index is -0.764. The number of carboxylic acid groups (broad SMARTS) is 1. The van der Waals surface area contributed by atoms with Crippen LogP contribution in [-0.2, 0) is 4.79 Å². The molecule has 0 aliphatic carbocycles. The van der Waals surface area contributed by atoms with Gasteiger partial charge in [-0.25, -0.2) is 0 Å². The van der Waals surface area contributed by atoms with Gasteiger partial charge in [0.1, 0.15) is 5.84 Å². The van der Waals surface area contributed by atoms with E-state index in [0.29, 0.717) is 5.92 Å². The lowest BCUT2D eigenvalue weighted by molar-refractivity contribution is -0.138. The number of likely N-dealkylation sites (N-methyl/N-ethyl adjacent to an activating group) is 1. The van der Waals surface area contributed by atoms with Crippen molar-refractivity contribution in [3.8, 4) is 0 Å². The van der Waals surface area contributed by atoms with Crippen LogP contribution in [0.3, 0.4) is 0 Å². The van der Waals surface area contributed by atoms with Gasteiger partial charge in [-0.3, -0.25) is 14.7 Å². The number of carboxylic acids is 1. The summed E-state index contributed by atoms with van der Waals surface area (Å²) < 4.78 is 0. The minimum Gasteiger partial charge on any atom is -0.480 e. The van der Waals surface area contributed by atoms with E-state index >= 15 is 0 Å². The van der Waals surface area contributed by atoms with E-state index < -0.39 is 5.97 Å². The first-order chi connectivity index (χ1) is 8.88. The van der Waals surface area contributed by atoms with Crippen molar-refractivity contribution in [3.05, 3.63) is 11.3 Å². The quantitative estimate of drug-likeness (QED) is 0.835. The summed E-state index contributed by atoms with van der Waals surface area (Å²) in [6.07, 6.45) is 1.03. The highest BCUT2D eigenvalue weighted by Gasteiger charge is 2.33. The molecule has 0 aromatic heterocycles. The first-order valence-corrected chi connectivity index (χ1v) is 6.80. The number of hydrogen-bond donors (Lipinski definition) is 1. The number of amidine groups is 1. The van der Waals surface area contributed by atoms with Crippen molar-refractivity contribution in [1.82, 2.24) is 9.80 Å². The summed E-state index contributed by atoms with van der Waals surface area (Å²) in [5.74, 6) is 0.821. The topological polar surface area (TPSA) is 56.1 Å². The Kier molecular flexibility index (Phi) is 3.94. The molecule has 0 bridgehead atoms. The number of nitrogens with zero attached hydrogens (tertiary/aromatic N) is 3. The Morgan fingerprint density at radius 3 is 2.84 bits per heavy atom. The molecule has 2 atom stereocenters. The molecule has 2 aliphatic heterocycles. The molecule has 19 heavy (non-hydrogen) atoms. The lowest BCUT2D eigenvalue weighted by Crippen LogP contribution is -2.34. The highest BCUT2D eigenvalue weighted by molar-refractivity contribution is 5.83. The van der Waals surface area contributed by atoms with Crippen LogP contribution in [0.25, 0.3) is 0 Å². The molecule has 1 N–H and O–H groups in total. The van der Waals surface area contributed by atoms with Gasteiger partial charge < -0.3 is 10.0 Å². The van der Waals surface area contributed by atoms with E-state index in [-0.39, 0.29) is 12.6 Å². The predicted molar refractivity (Wildman–Crippen MR) is 75.2 cm³/mol. The Morgan fingerprint density at radius 1 is 1.53 bits per heavy atom. The van der Waals surface area contributed by atoms with Gasteiger partial charge in [0, 0.05) is 18.8 Å². The molecule has 0 aromatic carbocycles. The van der Waals surface area contributed by atoms with Crippen LogP contribution >= 0.6 is 0 Å². The summed E-state index contributed by atoms with van der Waals surface area (Å²) >= 11 is 0. The van der Waals surface area contributed by atoms with Crippen LogP contribution in [0.5, 0.6) is 0 Å². The second kappa shape index (κ2) is 5.33. The highest BCUT2D eigenvalue weighted by Crippen LogP contribution is 2.34. The average molecular weight is 265 g/mol. The third-order valence-corrected chi connectivity index (χ3v) is 4.08. The summed E-state index contributed by atoms with van der Waals surface area (Å²) in [7, 11) is 1.87. The third kappa shape index (κ3) is 2.97. The molecular weight excluding hydrogens is 242 g/mol. The van der Waals surface area contributed by atoms with Crippen LogP contribution in [0, 0.1) is 5.92 Å². The van der Waals surface area contributed by atoms with Crippen LogP contribution in [0.1, 0.15) is 27.2 Å². The fraction of sp³-hybridized carbons (Fsp3) is 0.714. The molecule has 106 valence electrons. The van der Waals surface area contributed by atoms with Gasteiger partial charge in [-0.2, -0.15) is 0 Å². The number of carbonyl (C=O) groups is 1. The van der Waals surface area contributed by atoms with Gasteiger partial charge in [0.05, 0.1) is 12.6 Å². The third-order valence-electron chi connectivity index (χ3n) is 4.08. The average Bonchev–Trinajstić information content (AvgIpc) is 2.69. The Hall–Kier alpha value is -1.36. The second-order valence-corrected chi connectivity index (χ2v) is 5.75. The van der Waals surface area contributed by atoms with Crippen molar-refractivity contribution in [1.29, 1.82) is 0 Å². The lowest BCUT2D eigenvalue weighted by atomic mass is 10.0. The summed E-state index contributed by atoms with van der Waals surface area (Å²) in [5.41, 5.74) is 2.75. The van der Waals surface area contributed by atoms with Gasteiger partial charge >= 0.3 is 5.97 Å². The van der Waals surface area contributed by atoms with Gasteiger partial charge in [-0.15, -0.1) is 0 Å². The van der Waals surface area contributed by atoms with Crippen molar-refractivity contribution in [2.24, 2.45) is 10.9 Å². The van der Waals surface area contributed by atoms with Gasteiger partial charge in [0.25, 0.3) is 0 Å². The molecule has 0 radical (unpaired) electrons. The summed E-state index contributed by atoms with van der Waals surface area (Å²) in [6.45, 7) is 8.24. The van der Waals surface area contributed by atoms with Crippen molar-refractivity contribution >= 4 is 11.8 Å². The number of fused-ring (bicyclic) bond motifs is 1. The number of aliphatic carboxylic acids is 1. The molecule has 2 rings (SSSR count). The zero-order chi connectivity index (χ0) is 14.2. The number of aliphatic imine (C=N–C) groups is 1. The first-order valence-electron chi connectivity index (χ1n) is 6.80. The monoisotopic (exact) mass is 265 g/mol. The normalized spacial score (nSPS) is 26.8. The molecule has 5 heteroatoms. The summed E-state index contributed by atoms with van der Waals surface area (Å²) in [4.78, 5) is 19.5. The molecule has 2 heterocycles. The van der Waals surface area contributed by atoms with Crippen LogP contribution in [-0.4, -0.2) is 59.4 Å². The maximum absolute atomic E-state index is 10.7. The SMILES string of the molecule is CC1=NC(C)C(C)=C2CC(CN(C)CC(=O)O)CN12. The largest absolute Gasteiger partial charge is 0.480 e. The minimum absolute atomic E-state index is 0.109. The van der Waals surface area contributed by atoms with E-state index in [1.165, 1.54) is 11.3 Å². The smallest absolute Gasteiger partial charge is 0.317 e. The zero-order valence-electron chi connectivity index (χ0n) is 12.2. The fourth-order valence-electron chi connectivity index (χ4n) is 3.06. The van der Waals surface area contributed by atoms with Crippen LogP contribution in [0.2, 0.25) is 0 Å². The van der Waals surface area contributed by atoms with E-state index in [4.69, 9.17) is 5.11 Å². The maximum atomic E-state index is 10.7. The number of hydrogen-bond acceptors (Lipinski definition) is 4. The van der Waals surface area contributed by atoms with Crippen molar-refractivity contribution in [2.45, 2.75) is 33.2 Å². The fourth-order valence-corrected chi connectivity index (χ4v) is 3.06. The summed E-state index contributed by atoms with van der Waals surface area (Å²) in [6, 6.07) is 0.279. The molecule has 5 nitrogen and oxygen atoms in total. The second-order valence-electron chi connectivity index (χ2n) is 5.75. The number of rotatable bonds is 4. The Morgan fingerprint density at radius 2 is 2.21 bits per heavy atom. The molecule has 2 unspecified atom stereocenters. The molecule has 0 amide bonds. The molecule has 0 aromatic rings. The van der Waals surface area contributed by atoms with Crippen molar-refractivity contribution in [2.75, 3.05) is 26.7 Å². The molecule has 0 saturated carbocycles. The van der Waals surface area contributed by atoms with Crippen LogP contribution in [0.15, 0.2) is 16.3 Å². The van der Waals surface area contributed by atoms with E-state index in [1.54, 1.807) is 0 Å². The molecular formula is C14H23N3O2. The van der Waals surface area contributed by atoms with E-state index in [1.807, 2.05) is 11.9 Å². The standard InChI is InChI=1S/C14H23N3O2/c1-9-10(2)15-11(3)17-7-12(5-13(9)17)6-16(4)8-14(18)19/h10,12H,5-8H2,1-4H3,(H,18,19). The van der Waals surface area contributed by atoms with Crippen molar-refractivity contribution in [3.63, 3.8) is 0 Å². The van der Waals surface area contributed by atoms with Gasteiger partial charge in [-0.1, -0.05) is 0 Å². The van der Waals surface area contributed by atoms with Gasteiger partial charge in [0.15, 0.2) is 0 Å². The Balaban J connectivity index is 2.03. The van der Waals surface area contributed by atoms with E-state index in [9.17, 15) is 4.79 Å². The summed E-state index contributed by atoms with van der Waals surface area (Å²) in [5, 5.41) is 8.80. The first kappa shape index (κ1) is 14.1. The van der Waals surface area contributed by atoms with E-state index in [0.717, 1.165) is 25.3 Å². The zero-order valence-corrected chi connectivity index (χ0v) is 12.2. The van der Waals surface area contributed by atoms with Gasteiger partial charge in [-0.05, 0) is 45.7 Å². The number of allylic oxidation sites excluding steroid dienone is 1. The van der Waals surface area contributed by atoms with Crippen molar-refractivity contribution < 1.29 is 9.90 Å². The van der Waals surface area contributed by atoms with Crippen LogP contribution < -0.4 is 0 Å². The predicted octanol–water partition coefficient (Wildman–Crippen LogP) is 1.42. The molecule has 1 saturated heterocycles. The van der Waals surface area contributed by atoms with Gasteiger partial charge in [0.2, 0.25) is 0 Å². The molecule has 0 spiro atoms. The maximum Gasteiger partial charge on any atom is 0.317 e. The lowest BCUT2D eigenvalue weighted by Gasteiger charge is -2.29. The Bertz CT molecular complexity index is 442. The Labute approximate surface area is 114 Å². The molecule has 2 aliphatic rings. The molecule has 1 fully saturated rings. The highest BCUT2D eigenvalue weighted by atomic mass is 16.4. The van der Waals surface area contributed by atoms with E-state index in [2.05, 4.69) is 30.7 Å². The van der Waals surface area contributed by atoms with Crippen LogP contribution in [0.4, 0.5) is 0 Å².